The standard InChI is InChI=1S/C20H20F4N2O3/c1-3-26(19(28)13(2)29-15-10-8-14(21)9-11-15)12-18(27)25-17-7-5-4-6-16(17)20(22,23)24/h4-11,13H,3,12H2,1-2H3,(H,25,27). The van der Waals surface area contributed by atoms with E-state index < -0.39 is 42.0 Å². The van der Waals surface area contributed by atoms with Crippen molar-refractivity contribution >= 4 is 17.5 Å². The number of halogens is 4. The van der Waals surface area contributed by atoms with Crippen LogP contribution in [0, 0.1) is 5.82 Å². The van der Waals surface area contributed by atoms with Gasteiger partial charge in [-0.2, -0.15) is 13.2 Å². The molecule has 2 rings (SSSR count). The summed E-state index contributed by atoms with van der Waals surface area (Å²) in [7, 11) is 0. The number of alkyl halides is 3. The number of rotatable bonds is 7. The van der Waals surface area contributed by atoms with E-state index in [0.717, 1.165) is 17.0 Å². The minimum Gasteiger partial charge on any atom is -0.481 e. The maximum Gasteiger partial charge on any atom is 0.418 e. The summed E-state index contributed by atoms with van der Waals surface area (Å²) < 4.78 is 57.5. The van der Waals surface area contributed by atoms with E-state index >= 15 is 0 Å². The number of nitrogens with one attached hydrogen (secondary N) is 1. The first-order chi connectivity index (χ1) is 13.6. The average molecular weight is 412 g/mol. The fourth-order valence-corrected chi connectivity index (χ4v) is 2.57. The monoisotopic (exact) mass is 412 g/mol. The van der Waals surface area contributed by atoms with E-state index in [0.29, 0.717) is 0 Å². The highest BCUT2D eigenvalue weighted by Gasteiger charge is 2.33. The number of nitrogens with zero attached hydrogens (tertiary/aromatic N) is 1. The molecule has 0 heterocycles. The Hall–Kier alpha value is -3.10. The highest BCUT2D eigenvalue weighted by Crippen LogP contribution is 2.34. The summed E-state index contributed by atoms with van der Waals surface area (Å²) in [4.78, 5) is 25.9. The molecule has 9 heteroatoms. The van der Waals surface area contributed by atoms with Crippen molar-refractivity contribution in [1.82, 2.24) is 4.90 Å². The lowest BCUT2D eigenvalue weighted by atomic mass is 10.1. The van der Waals surface area contributed by atoms with Gasteiger partial charge in [-0.05, 0) is 50.2 Å². The number of carbonyl (C=O) groups is 2. The van der Waals surface area contributed by atoms with E-state index in [-0.39, 0.29) is 18.0 Å². The van der Waals surface area contributed by atoms with Crippen LogP contribution in [0.3, 0.4) is 0 Å². The van der Waals surface area contributed by atoms with Crippen LogP contribution in [0.25, 0.3) is 0 Å². The lowest BCUT2D eigenvalue weighted by Gasteiger charge is -2.24. The van der Waals surface area contributed by atoms with Crippen molar-refractivity contribution in [2.45, 2.75) is 26.1 Å². The van der Waals surface area contributed by atoms with Crippen LogP contribution >= 0.6 is 0 Å². The largest absolute Gasteiger partial charge is 0.481 e. The molecule has 0 aliphatic heterocycles. The Morgan fingerprint density at radius 2 is 1.72 bits per heavy atom. The number of anilines is 1. The normalized spacial score (nSPS) is 12.2. The minimum atomic E-state index is -4.62. The molecule has 156 valence electrons. The summed E-state index contributed by atoms with van der Waals surface area (Å²) in [5.74, 6) is -1.49. The van der Waals surface area contributed by atoms with Gasteiger partial charge in [-0.25, -0.2) is 4.39 Å². The lowest BCUT2D eigenvalue weighted by molar-refractivity contribution is -0.140. The summed E-state index contributed by atoms with van der Waals surface area (Å²) >= 11 is 0. The van der Waals surface area contributed by atoms with Crippen molar-refractivity contribution in [2.24, 2.45) is 0 Å². The topological polar surface area (TPSA) is 58.6 Å². The predicted octanol–water partition coefficient (Wildman–Crippen LogP) is 4.10. The van der Waals surface area contributed by atoms with Crippen LogP contribution in [-0.4, -0.2) is 35.9 Å². The molecule has 0 bridgehead atoms. The summed E-state index contributed by atoms with van der Waals surface area (Å²) in [6.07, 6.45) is -5.60. The van der Waals surface area contributed by atoms with Gasteiger partial charge >= 0.3 is 6.18 Å². The maximum atomic E-state index is 13.0. The second-order valence-electron chi connectivity index (χ2n) is 6.16. The second-order valence-corrected chi connectivity index (χ2v) is 6.16. The van der Waals surface area contributed by atoms with Crippen LogP contribution in [0.15, 0.2) is 48.5 Å². The molecular weight excluding hydrogens is 392 g/mol. The molecule has 2 aromatic rings. The number of likely N-dealkylation sites (N-methyl/N-ethyl adjacent to an activating group) is 1. The smallest absolute Gasteiger partial charge is 0.418 e. The molecule has 5 nitrogen and oxygen atoms in total. The number of hydrogen-bond donors (Lipinski definition) is 1. The van der Waals surface area contributed by atoms with Crippen LogP contribution < -0.4 is 10.1 Å². The Morgan fingerprint density at radius 3 is 2.31 bits per heavy atom. The molecule has 0 aliphatic rings. The summed E-state index contributed by atoms with van der Waals surface area (Å²) in [5, 5.41) is 2.20. The third-order valence-corrected chi connectivity index (χ3v) is 4.01. The fourth-order valence-electron chi connectivity index (χ4n) is 2.57. The molecule has 0 aromatic heterocycles. The Kier molecular flexibility index (Phi) is 7.19. The summed E-state index contributed by atoms with van der Waals surface area (Å²) in [6, 6.07) is 9.65. The van der Waals surface area contributed by atoms with Crippen LogP contribution in [0.2, 0.25) is 0 Å². The number of carbonyl (C=O) groups excluding carboxylic acids is 2. The van der Waals surface area contributed by atoms with Crippen molar-refractivity contribution in [1.29, 1.82) is 0 Å². The molecule has 29 heavy (non-hydrogen) atoms. The minimum absolute atomic E-state index is 0.143. The van der Waals surface area contributed by atoms with E-state index in [1.807, 2.05) is 0 Å². The van der Waals surface area contributed by atoms with E-state index in [9.17, 15) is 27.2 Å². The number of hydrogen-bond acceptors (Lipinski definition) is 3. The zero-order valence-electron chi connectivity index (χ0n) is 15.8. The third kappa shape index (κ3) is 6.20. The molecule has 0 spiro atoms. The molecule has 0 saturated heterocycles. The molecule has 2 amide bonds. The zero-order valence-corrected chi connectivity index (χ0v) is 15.8. The quantitative estimate of drug-likeness (QED) is 0.697. The first-order valence-corrected chi connectivity index (χ1v) is 8.79. The summed E-state index contributed by atoms with van der Waals surface area (Å²) in [6.45, 7) is 2.79. The number of ether oxygens (including phenoxy) is 1. The highest BCUT2D eigenvalue weighted by atomic mass is 19.4. The maximum absolute atomic E-state index is 13.0. The Balaban J connectivity index is 2.02. The number of para-hydroxylation sites is 1. The Bertz CT molecular complexity index is 854. The molecule has 1 N–H and O–H groups in total. The van der Waals surface area contributed by atoms with E-state index in [4.69, 9.17) is 4.74 Å². The fraction of sp³-hybridized carbons (Fsp3) is 0.300. The van der Waals surface area contributed by atoms with E-state index in [2.05, 4.69) is 5.32 Å². The van der Waals surface area contributed by atoms with Gasteiger partial charge in [0.2, 0.25) is 5.91 Å². The highest BCUT2D eigenvalue weighted by molar-refractivity contribution is 5.95. The van der Waals surface area contributed by atoms with Gasteiger partial charge in [0.25, 0.3) is 5.91 Å². The van der Waals surface area contributed by atoms with Crippen LogP contribution in [0.1, 0.15) is 19.4 Å². The van der Waals surface area contributed by atoms with Crippen LogP contribution in [0.5, 0.6) is 5.75 Å². The van der Waals surface area contributed by atoms with Crippen molar-refractivity contribution in [3.8, 4) is 5.75 Å². The number of benzene rings is 2. The molecule has 1 unspecified atom stereocenters. The molecule has 0 fully saturated rings. The average Bonchev–Trinajstić information content (AvgIpc) is 2.67. The Labute approximate surface area is 165 Å². The van der Waals surface area contributed by atoms with Gasteiger partial charge in [0.05, 0.1) is 17.8 Å². The van der Waals surface area contributed by atoms with Crippen LogP contribution in [0.4, 0.5) is 23.2 Å². The van der Waals surface area contributed by atoms with E-state index in [1.165, 1.54) is 43.3 Å². The molecular formula is C20H20F4N2O3. The van der Waals surface area contributed by atoms with Crippen molar-refractivity contribution in [3.05, 3.63) is 59.9 Å². The summed E-state index contributed by atoms with van der Waals surface area (Å²) in [5.41, 5.74) is -1.36. The molecule has 0 saturated carbocycles. The van der Waals surface area contributed by atoms with Crippen LogP contribution in [-0.2, 0) is 15.8 Å². The van der Waals surface area contributed by atoms with Crippen molar-refractivity contribution < 1.29 is 31.9 Å². The molecule has 1 atom stereocenters. The van der Waals surface area contributed by atoms with Gasteiger partial charge in [-0.15, -0.1) is 0 Å². The zero-order chi connectivity index (χ0) is 21.6. The van der Waals surface area contributed by atoms with Gasteiger partial charge in [0.1, 0.15) is 11.6 Å². The van der Waals surface area contributed by atoms with Crippen molar-refractivity contribution in [2.75, 3.05) is 18.4 Å². The lowest BCUT2D eigenvalue weighted by Crippen LogP contribution is -2.44. The molecule has 2 aromatic carbocycles. The Morgan fingerprint density at radius 1 is 1.10 bits per heavy atom. The van der Waals surface area contributed by atoms with Crippen molar-refractivity contribution in [3.63, 3.8) is 0 Å². The second kappa shape index (κ2) is 9.40. The predicted molar refractivity (Wildman–Crippen MR) is 98.8 cm³/mol. The van der Waals surface area contributed by atoms with Gasteiger partial charge in [-0.3, -0.25) is 9.59 Å². The van der Waals surface area contributed by atoms with Gasteiger partial charge in [-0.1, -0.05) is 12.1 Å². The first-order valence-electron chi connectivity index (χ1n) is 8.79. The number of amides is 2. The van der Waals surface area contributed by atoms with E-state index in [1.54, 1.807) is 6.92 Å². The molecule has 0 aliphatic carbocycles. The third-order valence-electron chi connectivity index (χ3n) is 4.01. The van der Waals surface area contributed by atoms with Gasteiger partial charge < -0.3 is 15.0 Å². The van der Waals surface area contributed by atoms with Gasteiger partial charge in [0.15, 0.2) is 6.10 Å². The first kappa shape index (κ1) is 22.2. The van der Waals surface area contributed by atoms with Gasteiger partial charge in [0, 0.05) is 6.54 Å². The molecule has 0 radical (unpaired) electrons. The SMILES string of the molecule is CCN(CC(=O)Nc1ccccc1C(F)(F)F)C(=O)C(C)Oc1ccc(F)cc1.